The lowest BCUT2D eigenvalue weighted by atomic mass is 10.2. The summed E-state index contributed by atoms with van der Waals surface area (Å²) in [6.45, 7) is 6.21. The summed E-state index contributed by atoms with van der Waals surface area (Å²) in [7, 11) is 0. The molecule has 6 nitrogen and oxygen atoms in total. The van der Waals surface area contributed by atoms with Gasteiger partial charge in [-0.1, -0.05) is 5.21 Å². The van der Waals surface area contributed by atoms with Crippen molar-refractivity contribution >= 4 is 5.97 Å². The van der Waals surface area contributed by atoms with Gasteiger partial charge in [0.2, 0.25) is 0 Å². The third-order valence-electron chi connectivity index (χ3n) is 1.93. The highest BCUT2D eigenvalue weighted by molar-refractivity contribution is 5.69. The smallest absolute Gasteiger partial charge is 0.328 e. The van der Waals surface area contributed by atoms with Crippen molar-refractivity contribution in [2.75, 3.05) is 6.54 Å². The fourth-order valence-electron chi connectivity index (χ4n) is 1.32. The van der Waals surface area contributed by atoms with E-state index in [1.54, 1.807) is 6.20 Å². The van der Waals surface area contributed by atoms with Gasteiger partial charge in [-0.05, 0) is 40.2 Å². The first-order chi connectivity index (χ1) is 7.90. The Morgan fingerprint density at radius 3 is 2.82 bits per heavy atom. The lowest BCUT2D eigenvalue weighted by molar-refractivity contribution is -0.155. The Kier molecular flexibility index (Phi) is 4.62. The van der Waals surface area contributed by atoms with E-state index in [2.05, 4.69) is 10.3 Å². The number of rotatable bonds is 5. The molecular weight excluding hydrogens is 220 g/mol. The molecule has 1 aromatic heterocycles. The van der Waals surface area contributed by atoms with E-state index >= 15 is 0 Å². The van der Waals surface area contributed by atoms with E-state index in [-0.39, 0.29) is 12.5 Å². The first-order valence-electron chi connectivity index (χ1n) is 5.71. The largest absolute Gasteiger partial charge is 0.459 e. The summed E-state index contributed by atoms with van der Waals surface area (Å²) in [5.74, 6) is -0.312. The normalized spacial score (nSPS) is 11.5. The average Bonchev–Trinajstić information content (AvgIpc) is 2.59. The third kappa shape index (κ3) is 5.44. The lowest BCUT2D eigenvalue weighted by Gasteiger charge is -2.19. The summed E-state index contributed by atoms with van der Waals surface area (Å²) in [5.41, 5.74) is 5.78. The summed E-state index contributed by atoms with van der Waals surface area (Å²) >= 11 is 0. The molecule has 0 radical (unpaired) electrons. The summed E-state index contributed by atoms with van der Waals surface area (Å²) < 4.78 is 6.67. The molecule has 0 aromatic carbocycles. The van der Waals surface area contributed by atoms with Gasteiger partial charge >= 0.3 is 5.97 Å². The molecule has 1 rings (SSSR count). The SMILES string of the molecule is CC(C)(C)OC(=O)Cn1cc(CCCN)nn1. The highest BCUT2D eigenvalue weighted by atomic mass is 16.6. The van der Waals surface area contributed by atoms with Crippen LogP contribution in [0.1, 0.15) is 32.9 Å². The Balaban J connectivity index is 2.46. The molecule has 0 aliphatic heterocycles. The molecular formula is C11H20N4O2. The first kappa shape index (κ1) is 13.6. The van der Waals surface area contributed by atoms with Gasteiger partial charge in [-0.15, -0.1) is 5.10 Å². The van der Waals surface area contributed by atoms with E-state index in [1.807, 2.05) is 20.8 Å². The van der Waals surface area contributed by atoms with Crippen LogP contribution in [0.25, 0.3) is 0 Å². The maximum atomic E-state index is 11.5. The molecule has 0 amide bonds. The van der Waals surface area contributed by atoms with Crippen molar-refractivity contribution in [3.63, 3.8) is 0 Å². The summed E-state index contributed by atoms with van der Waals surface area (Å²) in [4.78, 5) is 11.5. The number of aromatic nitrogens is 3. The Hall–Kier alpha value is -1.43. The summed E-state index contributed by atoms with van der Waals surface area (Å²) in [5, 5.41) is 7.82. The van der Waals surface area contributed by atoms with Gasteiger partial charge in [0.1, 0.15) is 12.1 Å². The molecule has 0 fully saturated rings. The summed E-state index contributed by atoms with van der Waals surface area (Å²) in [6.07, 6.45) is 3.40. The van der Waals surface area contributed by atoms with Crippen LogP contribution >= 0.6 is 0 Å². The van der Waals surface area contributed by atoms with Crippen LogP contribution in [0.5, 0.6) is 0 Å². The van der Waals surface area contributed by atoms with Crippen molar-refractivity contribution < 1.29 is 9.53 Å². The third-order valence-corrected chi connectivity index (χ3v) is 1.93. The molecule has 0 bridgehead atoms. The van der Waals surface area contributed by atoms with E-state index < -0.39 is 5.60 Å². The molecule has 2 N–H and O–H groups in total. The number of esters is 1. The zero-order chi connectivity index (χ0) is 12.9. The molecule has 96 valence electrons. The minimum absolute atomic E-state index is 0.0902. The number of ether oxygens (including phenoxy) is 1. The van der Waals surface area contributed by atoms with Crippen molar-refractivity contribution in [2.45, 2.75) is 45.8 Å². The van der Waals surface area contributed by atoms with Crippen LogP contribution in [-0.4, -0.2) is 33.1 Å². The van der Waals surface area contributed by atoms with Gasteiger partial charge in [0.05, 0.1) is 5.69 Å². The molecule has 1 aromatic rings. The highest BCUT2D eigenvalue weighted by Gasteiger charge is 2.16. The molecule has 0 aliphatic carbocycles. The molecule has 0 saturated carbocycles. The number of hydrogen-bond donors (Lipinski definition) is 1. The second-order valence-corrected chi connectivity index (χ2v) is 4.89. The van der Waals surface area contributed by atoms with E-state index in [1.165, 1.54) is 4.68 Å². The Morgan fingerprint density at radius 1 is 1.53 bits per heavy atom. The van der Waals surface area contributed by atoms with Crippen LogP contribution < -0.4 is 5.73 Å². The van der Waals surface area contributed by atoms with E-state index in [0.717, 1.165) is 18.5 Å². The van der Waals surface area contributed by atoms with Crippen LogP contribution in [-0.2, 0) is 22.5 Å². The second-order valence-electron chi connectivity index (χ2n) is 4.89. The van der Waals surface area contributed by atoms with Crippen LogP contribution in [0.15, 0.2) is 6.20 Å². The highest BCUT2D eigenvalue weighted by Crippen LogP contribution is 2.07. The van der Waals surface area contributed by atoms with Crippen molar-refractivity contribution in [3.8, 4) is 0 Å². The van der Waals surface area contributed by atoms with Crippen molar-refractivity contribution in [2.24, 2.45) is 5.73 Å². The second kappa shape index (κ2) is 5.77. The van der Waals surface area contributed by atoms with Gasteiger partial charge < -0.3 is 10.5 Å². The number of nitrogens with zero attached hydrogens (tertiary/aromatic N) is 3. The van der Waals surface area contributed by atoms with Gasteiger partial charge in [-0.3, -0.25) is 4.79 Å². The molecule has 0 spiro atoms. The van der Waals surface area contributed by atoms with E-state index in [0.29, 0.717) is 6.54 Å². The fraction of sp³-hybridized carbons (Fsp3) is 0.727. The maximum absolute atomic E-state index is 11.5. The zero-order valence-corrected chi connectivity index (χ0v) is 10.6. The molecule has 0 saturated heterocycles. The van der Waals surface area contributed by atoms with Gasteiger partial charge in [-0.25, -0.2) is 4.68 Å². The lowest BCUT2D eigenvalue weighted by Crippen LogP contribution is -2.26. The zero-order valence-electron chi connectivity index (χ0n) is 10.6. The van der Waals surface area contributed by atoms with E-state index in [4.69, 9.17) is 10.5 Å². The predicted octanol–water partition coefficient (Wildman–Crippen LogP) is 0.511. The molecule has 0 unspecified atom stereocenters. The average molecular weight is 240 g/mol. The Labute approximate surface area is 101 Å². The van der Waals surface area contributed by atoms with Crippen LogP contribution in [0.2, 0.25) is 0 Å². The van der Waals surface area contributed by atoms with Crippen molar-refractivity contribution in [1.29, 1.82) is 0 Å². The molecule has 0 atom stereocenters. The topological polar surface area (TPSA) is 83.0 Å². The monoisotopic (exact) mass is 240 g/mol. The van der Waals surface area contributed by atoms with Gasteiger partial charge in [-0.2, -0.15) is 0 Å². The van der Waals surface area contributed by atoms with Crippen molar-refractivity contribution in [3.05, 3.63) is 11.9 Å². The number of carbonyl (C=O) groups is 1. The molecule has 0 aliphatic rings. The van der Waals surface area contributed by atoms with Crippen molar-refractivity contribution in [1.82, 2.24) is 15.0 Å². The van der Waals surface area contributed by atoms with Gasteiger partial charge in [0.15, 0.2) is 0 Å². The summed E-state index contributed by atoms with van der Waals surface area (Å²) in [6, 6.07) is 0. The van der Waals surface area contributed by atoms with Crippen LogP contribution in [0, 0.1) is 0 Å². The predicted molar refractivity (Wildman–Crippen MR) is 63.2 cm³/mol. The molecule has 1 heterocycles. The Bertz CT molecular complexity index is 368. The minimum atomic E-state index is -0.472. The van der Waals surface area contributed by atoms with Crippen LogP contribution in [0.4, 0.5) is 0 Å². The minimum Gasteiger partial charge on any atom is -0.459 e. The quantitative estimate of drug-likeness (QED) is 0.758. The molecule has 6 heteroatoms. The number of hydrogen-bond acceptors (Lipinski definition) is 5. The van der Waals surface area contributed by atoms with Crippen LogP contribution in [0.3, 0.4) is 0 Å². The maximum Gasteiger partial charge on any atom is 0.328 e. The van der Waals surface area contributed by atoms with E-state index in [9.17, 15) is 4.79 Å². The van der Waals surface area contributed by atoms with Gasteiger partial charge in [0.25, 0.3) is 0 Å². The fourth-order valence-corrected chi connectivity index (χ4v) is 1.32. The molecule has 17 heavy (non-hydrogen) atoms. The number of aryl methyl sites for hydroxylation is 1. The number of carbonyl (C=O) groups excluding carboxylic acids is 1. The standard InChI is InChI=1S/C11H20N4O2/c1-11(2,3)17-10(16)8-15-7-9(13-14-15)5-4-6-12/h7H,4-6,8,12H2,1-3H3. The Morgan fingerprint density at radius 2 is 2.24 bits per heavy atom. The number of nitrogens with two attached hydrogens (primary N) is 1. The first-order valence-corrected chi connectivity index (χ1v) is 5.71. The van der Waals surface area contributed by atoms with Gasteiger partial charge in [0, 0.05) is 6.20 Å².